The molecule has 0 unspecified atom stereocenters. The second kappa shape index (κ2) is 8.74. The van der Waals surface area contributed by atoms with Gasteiger partial charge in [0.1, 0.15) is 5.58 Å². The number of hydrogen-bond donors (Lipinski definition) is 2. The number of rotatable bonds is 4. The van der Waals surface area contributed by atoms with E-state index in [1.54, 1.807) is 6.26 Å². The van der Waals surface area contributed by atoms with Gasteiger partial charge in [-0.15, -0.1) is 0 Å². The third-order valence-corrected chi connectivity index (χ3v) is 3.98. The highest BCUT2D eigenvalue weighted by Gasteiger charge is 2.14. The summed E-state index contributed by atoms with van der Waals surface area (Å²) in [5, 5.41) is 9.87. The molecule has 26 heavy (non-hydrogen) atoms. The highest BCUT2D eigenvalue weighted by atomic mass is 32.1. The van der Waals surface area contributed by atoms with Gasteiger partial charge >= 0.3 is 5.97 Å². The van der Waals surface area contributed by atoms with Crippen molar-refractivity contribution in [3.05, 3.63) is 71.0 Å². The molecule has 0 fully saturated rings. The number of hydrogen-bond acceptors (Lipinski definition) is 4. The predicted octanol–water partition coefficient (Wildman–Crippen LogP) is 4.49. The van der Waals surface area contributed by atoms with Crippen molar-refractivity contribution >= 4 is 34.0 Å². The zero-order chi connectivity index (χ0) is 19.3. The number of aliphatic carboxylic acids is 1. The Balaban J connectivity index is 0.000000552. The maximum Gasteiger partial charge on any atom is 0.307 e. The van der Waals surface area contributed by atoms with Gasteiger partial charge in [0.2, 0.25) is 0 Å². The molecule has 4 nitrogen and oxygen atoms in total. The van der Waals surface area contributed by atoms with Crippen LogP contribution in [0.3, 0.4) is 0 Å². The molecule has 5 heteroatoms. The largest absolute Gasteiger partial charge is 0.481 e. The van der Waals surface area contributed by atoms with E-state index in [9.17, 15) is 4.79 Å². The minimum Gasteiger partial charge on any atom is -0.481 e. The van der Waals surface area contributed by atoms with Crippen LogP contribution in [0.5, 0.6) is 0 Å². The minimum atomic E-state index is -0.866. The van der Waals surface area contributed by atoms with Crippen molar-refractivity contribution in [2.24, 2.45) is 5.73 Å². The van der Waals surface area contributed by atoms with Crippen molar-refractivity contribution in [2.75, 3.05) is 0 Å². The van der Waals surface area contributed by atoms with Crippen LogP contribution in [-0.2, 0) is 11.2 Å². The summed E-state index contributed by atoms with van der Waals surface area (Å²) in [7, 11) is 0. The van der Waals surface area contributed by atoms with E-state index < -0.39 is 5.97 Å². The molecule has 1 heterocycles. The molecule has 0 aliphatic heterocycles. The molecule has 2 aromatic carbocycles. The number of carboxylic acids is 1. The van der Waals surface area contributed by atoms with E-state index in [1.807, 2.05) is 63.2 Å². The van der Waals surface area contributed by atoms with Crippen LogP contribution in [0.2, 0.25) is 0 Å². The van der Waals surface area contributed by atoms with Gasteiger partial charge in [0, 0.05) is 10.9 Å². The van der Waals surface area contributed by atoms with Crippen LogP contribution in [0.4, 0.5) is 0 Å². The smallest absolute Gasteiger partial charge is 0.307 e. The van der Waals surface area contributed by atoms with Gasteiger partial charge in [-0.3, -0.25) is 4.79 Å². The Morgan fingerprint density at radius 3 is 2.38 bits per heavy atom. The lowest BCUT2D eigenvalue weighted by Gasteiger charge is -2.08. The van der Waals surface area contributed by atoms with Gasteiger partial charge in [0.05, 0.1) is 17.5 Å². The molecule has 0 aliphatic rings. The van der Waals surface area contributed by atoms with Crippen LogP contribution < -0.4 is 5.73 Å². The second-order valence-corrected chi connectivity index (χ2v) is 6.90. The van der Waals surface area contributed by atoms with Crippen LogP contribution >= 0.6 is 12.2 Å². The van der Waals surface area contributed by atoms with Gasteiger partial charge in [-0.2, -0.15) is 0 Å². The number of aryl methyl sites for hydroxylation is 1. The summed E-state index contributed by atoms with van der Waals surface area (Å²) in [5.41, 5.74) is 9.36. The van der Waals surface area contributed by atoms with E-state index in [1.165, 1.54) is 0 Å². The Morgan fingerprint density at radius 2 is 1.81 bits per heavy atom. The Bertz CT molecular complexity index is 908. The molecule has 3 N–H and O–H groups in total. The number of carbonyl (C=O) groups is 1. The van der Waals surface area contributed by atoms with Crippen molar-refractivity contribution in [3.63, 3.8) is 0 Å². The molecular weight excluding hydrogens is 346 g/mol. The summed E-state index contributed by atoms with van der Waals surface area (Å²) in [6.45, 7) is 5.91. The zero-order valence-corrected chi connectivity index (χ0v) is 16.0. The van der Waals surface area contributed by atoms with Crippen LogP contribution in [0, 0.1) is 6.92 Å². The Kier molecular flexibility index (Phi) is 6.66. The lowest BCUT2D eigenvalue weighted by atomic mass is 9.98. The molecular formula is C21H23NO3S. The first-order valence-electron chi connectivity index (χ1n) is 8.36. The first-order chi connectivity index (χ1) is 12.3. The fourth-order valence-corrected chi connectivity index (χ4v) is 2.74. The van der Waals surface area contributed by atoms with E-state index in [4.69, 9.17) is 27.5 Å². The van der Waals surface area contributed by atoms with Crippen LogP contribution in [0.25, 0.3) is 11.0 Å². The Hall–Kier alpha value is -2.50. The number of fused-ring (bicyclic) bond motifs is 1. The Morgan fingerprint density at radius 1 is 1.19 bits per heavy atom. The van der Waals surface area contributed by atoms with E-state index in [-0.39, 0.29) is 6.42 Å². The molecule has 136 valence electrons. The highest BCUT2D eigenvalue weighted by Crippen LogP contribution is 2.26. The normalized spacial score (nSPS) is 10.5. The van der Waals surface area contributed by atoms with Crippen LogP contribution in [-0.4, -0.2) is 22.0 Å². The molecule has 3 aromatic rings. The topological polar surface area (TPSA) is 76.5 Å². The Labute approximate surface area is 158 Å². The first kappa shape index (κ1) is 19.8. The lowest BCUT2D eigenvalue weighted by Crippen LogP contribution is -2.06. The molecule has 0 saturated carbocycles. The highest BCUT2D eigenvalue weighted by molar-refractivity contribution is 7.81. The average molecular weight is 369 g/mol. The summed E-state index contributed by atoms with van der Waals surface area (Å²) in [4.78, 5) is 11.6. The zero-order valence-electron chi connectivity index (χ0n) is 15.2. The van der Waals surface area contributed by atoms with Crippen molar-refractivity contribution in [2.45, 2.75) is 33.2 Å². The molecule has 0 atom stereocenters. The summed E-state index contributed by atoms with van der Waals surface area (Å²) >= 11 is 5.59. The van der Waals surface area contributed by atoms with E-state index in [0.717, 1.165) is 22.1 Å². The summed E-state index contributed by atoms with van der Waals surface area (Å²) in [5.74, 6) is -0.866. The third-order valence-electron chi connectivity index (χ3n) is 3.52. The number of nitrogens with two attached hydrogens (primary N) is 1. The quantitative estimate of drug-likeness (QED) is 0.523. The molecule has 0 spiro atoms. The van der Waals surface area contributed by atoms with E-state index in [0.29, 0.717) is 22.1 Å². The van der Waals surface area contributed by atoms with Crippen LogP contribution in [0.1, 0.15) is 36.1 Å². The minimum absolute atomic E-state index is 0.0371. The van der Waals surface area contributed by atoms with Crippen molar-refractivity contribution in [1.82, 2.24) is 0 Å². The first-order valence-corrected chi connectivity index (χ1v) is 8.77. The van der Waals surface area contributed by atoms with Gasteiger partial charge in [-0.1, -0.05) is 55.9 Å². The lowest BCUT2D eigenvalue weighted by molar-refractivity contribution is -0.136. The standard InChI is InChI=1S/C18H14O3S.C3H9N/c1-11-2-4-13(5-3-11)18(22)15-9-12(10-16(19)20)8-14-6-7-21-17(14)15;1-3(2)4/h2-9H,10H2,1H3,(H,19,20);3H,4H2,1-2H3. The SMILES string of the molecule is CC(C)N.Cc1ccc(C(=S)c2cc(CC(=O)O)cc3ccoc23)cc1. The maximum absolute atomic E-state index is 11.0. The van der Waals surface area contributed by atoms with Crippen LogP contribution in [0.15, 0.2) is 53.1 Å². The van der Waals surface area contributed by atoms with E-state index in [2.05, 4.69) is 0 Å². The maximum atomic E-state index is 11.0. The summed E-state index contributed by atoms with van der Waals surface area (Å²) in [6, 6.07) is 13.7. The number of thiocarbonyl (C=S) groups is 1. The molecule has 0 amide bonds. The van der Waals surface area contributed by atoms with Gasteiger partial charge in [0.25, 0.3) is 0 Å². The van der Waals surface area contributed by atoms with Gasteiger partial charge in [-0.25, -0.2) is 0 Å². The van der Waals surface area contributed by atoms with Crippen molar-refractivity contribution in [1.29, 1.82) is 0 Å². The summed E-state index contributed by atoms with van der Waals surface area (Å²) in [6.07, 6.45) is 1.56. The van der Waals surface area contributed by atoms with Crippen molar-refractivity contribution in [3.8, 4) is 0 Å². The molecule has 1 aromatic heterocycles. The molecule has 0 saturated heterocycles. The van der Waals surface area contributed by atoms with Gasteiger partial charge in [-0.05, 0) is 42.3 Å². The third kappa shape index (κ3) is 5.25. The molecule has 0 radical (unpaired) electrons. The monoisotopic (exact) mass is 369 g/mol. The van der Waals surface area contributed by atoms with Gasteiger partial charge in [0.15, 0.2) is 0 Å². The van der Waals surface area contributed by atoms with E-state index >= 15 is 0 Å². The number of carboxylic acid groups (broad SMARTS) is 1. The van der Waals surface area contributed by atoms with Crippen molar-refractivity contribution < 1.29 is 14.3 Å². The number of benzene rings is 2. The molecule has 0 aliphatic carbocycles. The van der Waals surface area contributed by atoms with Gasteiger partial charge < -0.3 is 15.3 Å². The average Bonchev–Trinajstić information content (AvgIpc) is 3.01. The molecule has 0 bridgehead atoms. The fraction of sp³-hybridized carbons (Fsp3) is 0.238. The number of furan rings is 1. The fourth-order valence-electron chi connectivity index (χ4n) is 2.45. The predicted molar refractivity (Wildman–Crippen MR) is 109 cm³/mol. The summed E-state index contributed by atoms with van der Waals surface area (Å²) < 4.78 is 5.54. The molecule has 3 rings (SSSR count). The second-order valence-electron chi connectivity index (χ2n) is 6.49.